The predicted molar refractivity (Wildman–Crippen MR) is 87.1 cm³/mol. The first-order valence-electron chi connectivity index (χ1n) is 6.42. The van der Waals surface area contributed by atoms with Crippen LogP contribution in [0.15, 0.2) is 41.3 Å². The number of anilines is 1. The third-order valence-corrected chi connectivity index (χ3v) is 4.91. The Balaban J connectivity index is 2.46. The van der Waals surface area contributed by atoms with E-state index in [-0.39, 0.29) is 21.8 Å². The molecule has 10 heteroatoms. The zero-order valence-corrected chi connectivity index (χ0v) is 13.8. The van der Waals surface area contributed by atoms with E-state index >= 15 is 0 Å². The summed E-state index contributed by atoms with van der Waals surface area (Å²) >= 11 is 5.86. The molecule has 0 amide bonds. The Morgan fingerprint density at radius 3 is 2.54 bits per heavy atom. The first-order valence-corrected chi connectivity index (χ1v) is 8.28. The molecule has 2 rings (SSSR count). The van der Waals surface area contributed by atoms with Crippen molar-refractivity contribution in [3.05, 3.63) is 62.7 Å². The number of nitro benzene ring substituents is 1. The van der Waals surface area contributed by atoms with Gasteiger partial charge in [0.1, 0.15) is 0 Å². The van der Waals surface area contributed by atoms with Gasteiger partial charge >= 0.3 is 5.97 Å². The second-order valence-corrected chi connectivity index (χ2v) is 6.89. The van der Waals surface area contributed by atoms with Gasteiger partial charge in [-0.15, -0.1) is 0 Å². The average Bonchev–Trinajstić information content (AvgIpc) is 2.49. The van der Waals surface area contributed by atoms with Gasteiger partial charge in [-0.2, -0.15) is 0 Å². The molecule has 0 bridgehead atoms. The van der Waals surface area contributed by atoms with Gasteiger partial charge in [-0.25, -0.2) is 13.2 Å². The van der Waals surface area contributed by atoms with Crippen molar-refractivity contribution < 1.29 is 23.2 Å². The number of nitrogens with one attached hydrogen (secondary N) is 1. The Labute approximate surface area is 141 Å². The summed E-state index contributed by atoms with van der Waals surface area (Å²) < 4.78 is 26.9. The molecular weight excluding hydrogens is 360 g/mol. The summed E-state index contributed by atoms with van der Waals surface area (Å²) in [6.07, 6.45) is 0. The molecule has 0 unspecified atom stereocenters. The van der Waals surface area contributed by atoms with Crippen molar-refractivity contribution in [1.29, 1.82) is 0 Å². The minimum absolute atomic E-state index is 0.00857. The summed E-state index contributed by atoms with van der Waals surface area (Å²) in [4.78, 5) is 20.8. The van der Waals surface area contributed by atoms with Crippen molar-refractivity contribution in [1.82, 2.24) is 0 Å². The van der Waals surface area contributed by atoms with Crippen LogP contribution in [-0.4, -0.2) is 24.4 Å². The topological polar surface area (TPSA) is 127 Å². The molecule has 2 N–H and O–H groups in total. The molecular formula is C14H11ClN2O6S. The van der Waals surface area contributed by atoms with Gasteiger partial charge in [-0.05, 0) is 31.2 Å². The lowest BCUT2D eigenvalue weighted by Gasteiger charge is -2.10. The normalized spacial score (nSPS) is 11.1. The van der Waals surface area contributed by atoms with E-state index in [4.69, 9.17) is 16.7 Å². The number of sulfonamides is 1. The zero-order chi connectivity index (χ0) is 18.1. The summed E-state index contributed by atoms with van der Waals surface area (Å²) in [7, 11) is -4.18. The quantitative estimate of drug-likeness (QED) is 0.615. The van der Waals surface area contributed by atoms with Crippen LogP contribution in [0.5, 0.6) is 0 Å². The highest BCUT2D eigenvalue weighted by Crippen LogP contribution is 2.30. The van der Waals surface area contributed by atoms with Gasteiger partial charge in [0.25, 0.3) is 15.7 Å². The fourth-order valence-electron chi connectivity index (χ4n) is 1.91. The standard InChI is InChI=1S/C14H11ClN2O6S/c1-8-12(15)6-11(7-13(8)17(20)21)24(22,23)16-10-4-2-3-9(5-10)14(18)19/h2-7,16H,1H3,(H,18,19). The number of hydrogen-bond donors (Lipinski definition) is 2. The summed E-state index contributed by atoms with van der Waals surface area (Å²) in [5, 5.41) is 19.9. The van der Waals surface area contributed by atoms with E-state index in [0.29, 0.717) is 0 Å². The number of benzene rings is 2. The smallest absolute Gasteiger partial charge is 0.335 e. The van der Waals surface area contributed by atoms with Gasteiger partial charge in [-0.3, -0.25) is 14.8 Å². The number of hydrogen-bond acceptors (Lipinski definition) is 5. The minimum Gasteiger partial charge on any atom is -0.478 e. The predicted octanol–water partition coefficient (Wildman–Crippen LogP) is 3.06. The first-order chi connectivity index (χ1) is 11.1. The monoisotopic (exact) mass is 370 g/mol. The van der Waals surface area contributed by atoms with E-state index < -0.39 is 31.5 Å². The minimum atomic E-state index is -4.18. The summed E-state index contributed by atoms with van der Waals surface area (Å²) in [6, 6.07) is 7.13. The Morgan fingerprint density at radius 1 is 1.29 bits per heavy atom. The first kappa shape index (κ1) is 17.7. The highest BCUT2D eigenvalue weighted by atomic mass is 35.5. The molecule has 0 atom stereocenters. The number of nitrogens with zero attached hydrogens (tertiary/aromatic N) is 1. The Morgan fingerprint density at radius 2 is 1.96 bits per heavy atom. The average molecular weight is 371 g/mol. The van der Waals surface area contributed by atoms with Gasteiger partial charge in [-0.1, -0.05) is 17.7 Å². The van der Waals surface area contributed by atoms with Gasteiger partial charge in [0, 0.05) is 17.3 Å². The largest absolute Gasteiger partial charge is 0.478 e. The van der Waals surface area contributed by atoms with Crippen LogP contribution < -0.4 is 4.72 Å². The van der Waals surface area contributed by atoms with Crippen molar-refractivity contribution in [2.45, 2.75) is 11.8 Å². The van der Waals surface area contributed by atoms with Gasteiger partial charge in [0.2, 0.25) is 0 Å². The van der Waals surface area contributed by atoms with Crippen LogP contribution in [0.1, 0.15) is 15.9 Å². The number of carboxylic acids is 1. The molecule has 126 valence electrons. The van der Waals surface area contributed by atoms with Crippen LogP contribution in [0.4, 0.5) is 11.4 Å². The third-order valence-electron chi connectivity index (χ3n) is 3.16. The molecule has 2 aromatic rings. The number of halogens is 1. The van der Waals surface area contributed by atoms with E-state index in [0.717, 1.165) is 18.2 Å². The van der Waals surface area contributed by atoms with Crippen LogP contribution in [0, 0.1) is 17.0 Å². The summed E-state index contributed by atoms with van der Waals surface area (Å²) in [5.41, 5.74) is -0.381. The molecule has 0 saturated heterocycles. The third kappa shape index (κ3) is 3.63. The van der Waals surface area contributed by atoms with Crippen molar-refractivity contribution >= 4 is 39.0 Å². The Kier molecular flexibility index (Phi) is 4.76. The van der Waals surface area contributed by atoms with E-state index in [2.05, 4.69) is 4.72 Å². The molecule has 24 heavy (non-hydrogen) atoms. The van der Waals surface area contributed by atoms with Crippen molar-refractivity contribution in [3.8, 4) is 0 Å². The van der Waals surface area contributed by atoms with Crippen LogP contribution in [0.25, 0.3) is 0 Å². The highest BCUT2D eigenvalue weighted by Gasteiger charge is 2.22. The molecule has 8 nitrogen and oxygen atoms in total. The van der Waals surface area contributed by atoms with E-state index in [1.807, 2.05) is 0 Å². The van der Waals surface area contributed by atoms with Crippen molar-refractivity contribution in [2.24, 2.45) is 0 Å². The maximum Gasteiger partial charge on any atom is 0.335 e. The van der Waals surface area contributed by atoms with Crippen LogP contribution >= 0.6 is 11.6 Å². The lowest BCUT2D eigenvalue weighted by Crippen LogP contribution is -2.14. The molecule has 0 aliphatic heterocycles. The van der Waals surface area contributed by atoms with Gasteiger partial charge < -0.3 is 5.11 Å². The molecule has 2 aromatic carbocycles. The molecule has 0 spiro atoms. The number of carbonyl (C=O) groups is 1. The van der Waals surface area contributed by atoms with Crippen LogP contribution in [-0.2, 0) is 10.0 Å². The van der Waals surface area contributed by atoms with Crippen molar-refractivity contribution in [3.63, 3.8) is 0 Å². The zero-order valence-electron chi connectivity index (χ0n) is 12.2. The van der Waals surface area contributed by atoms with Crippen molar-refractivity contribution in [2.75, 3.05) is 4.72 Å². The second-order valence-electron chi connectivity index (χ2n) is 4.80. The fourth-order valence-corrected chi connectivity index (χ4v) is 3.29. The highest BCUT2D eigenvalue weighted by molar-refractivity contribution is 7.92. The second kappa shape index (κ2) is 6.46. The molecule has 0 saturated carbocycles. The maximum atomic E-state index is 12.4. The van der Waals surface area contributed by atoms with E-state index in [9.17, 15) is 23.3 Å². The van der Waals surface area contributed by atoms with Crippen LogP contribution in [0.2, 0.25) is 5.02 Å². The SMILES string of the molecule is Cc1c(Cl)cc(S(=O)(=O)Nc2cccc(C(=O)O)c2)cc1[N+](=O)[O-]. The lowest BCUT2D eigenvalue weighted by atomic mass is 10.2. The number of carboxylic acid groups (broad SMARTS) is 1. The molecule has 0 aliphatic carbocycles. The fraction of sp³-hybridized carbons (Fsp3) is 0.0714. The Bertz CT molecular complexity index is 942. The Hall–Kier alpha value is -2.65. The lowest BCUT2D eigenvalue weighted by molar-refractivity contribution is -0.385. The van der Waals surface area contributed by atoms with Gasteiger partial charge in [0.15, 0.2) is 0 Å². The summed E-state index contributed by atoms with van der Waals surface area (Å²) in [5.74, 6) is -1.22. The molecule has 0 heterocycles. The van der Waals surface area contributed by atoms with E-state index in [1.165, 1.54) is 25.1 Å². The molecule has 0 aliphatic rings. The van der Waals surface area contributed by atoms with Crippen LogP contribution in [0.3, 0.4) is 0 Å². The summed E-state index contributed by atoms with van der Waals surface area (Å²) in [6.45, 7) is 1.40. The number of aromatic carboxylic acids is 1. The van der Waals surface area contributed by atoms with E-state index in [1.54, 1.807) is 0 Å². The molecule has 0 aromatic heterocycles. The number of nitro groups is 1. The number of rotatable bonds is 5. The molecule has 0 fully saturated rings. The maximum absolute atomic E-state index is 12.4. The molecule has 0 radical (unpaired) electrons. The van der Waals surface area contributed by atoms with Gasteiger partial charge in [0.05, 0.1) is 20.4 Å².